The van der Waals surface area contributed by atoms with Crippen molar-refractivity contribution in [1.82, 2.24) is 9.29 Å². The summed E-state index contributed by atoms with van der Waals surface area (Å²) in [6.45, 7) is 2.82. The van der Waals surface area contributed by atoms with Crippen LogP contribution in [-0.4, -0.2) is 30.8 Å². The van der Waals surface area contributed by atoms with Crippen LogP contribution in [0.3, 0.4) is 0 Å². The van der Waals surface area contributed by atoms with Crippen LogP contribution in [0.15, 0.2) is 65.7 Å². The molecule has 128 valence electrons. The van der Waals surface area contributed by atoms with Gasteiger partial charge in [-0.05, 0) is 42.7 Å². The number of nitrogens with zero attached hydrogens (tertiary/aromatic N) is 1. The second kappa shape index (κ2) is 6.17. The van der Waals surface area contributed by atoms with Gasteiger partial charge >= 0.3 is 0 Å². The maximum absolute atomic E-state index is 12.8. The Balaban J connectivity index is 1.62. The minimum absolute atomic E-state index is 0.372. The van der Waals surface area contributed by atoms with Gasteiger partial charge in [-0.2, -0.15) is 4.31 Å². The van der Waals surface area contributed by atoms with E-state index in [1.807, 2.05) is 37.4 Å². The Morgan fingerprint density at radius 1 is 1.08 bits per heavy atom. The van der Waals surface area contributed by atoms with Crippen molar-refractivity contribution in [2.75, 3.05) is 13.1 Å². The first kappa shape index (κ1) is 16.1. The summed E-state index contributed by atoms with van der Waals surface area (Å²) in [5, 5.41) is 1.18. The van der Waals surface area contributed by atoms with Gasteiger partial charge in [-0.25, -0.2) is 8.42 Å². The predicted octanol–water partition coefficient (Wildman–Crippen LogP) is 3.95. The molecule has 1 aliphatic rings. The van der Waals surface area contributed by atoms with Crippen LogP contribution < -0.4 is 0 Å². The van der Waals surface area contributed by atoms with Crippen molar-refractivity contribution >= 4 is 26.5 Å². The van der Waals surface area contributed by atoms with E-state index in [0.717, 1.165) is 11.1 Å². The van der Waals surface area contributed by atoms with Crippen molar-refractivity contribution < 1.29 is 8.42 Å². The van der Waals surface area contributed by atoms with Gasteiger partial charge in [0.1, 0.15) is 0 Å². The zero-order valence-corrected chi connectivity index (χ0v) is 14.9. The highest BCUT2D eigenvalue weighted by atomic mass is 32.2. The summed E-state index contributed by atoms with van der Waals surface area (Å²) in [7, 11) is -3.44. The van der Waals surface area contributed by atoms with Crippen LogP contribution in [0.2, 0.25) is 0 Å². The summed E-state index contributed by atoms with van der Waals surface area (Å²) < 4.78 is 27.2. The number of aromatic nitrogens is 1. The van der Waals surface area contributed by atoms with Gasteiger partial charge in [0.25, 0.3) is 0 Å². The Morgan fingerprint density at radius 2 is 1.92 bits per heavy atom. The van der Waals surface area contributed by atoms with Crippen LogP contribution in [0.5, 0.6) is 0 Å². The SMILES string of the molecule is Cc1cccc(S(=O)(=O)N2CC=C(c3c[nH]c4ccccc34)CC2)c1. The molecule has 0 atom stereocenters. The summed E-state index contributed by atoms with van der Waals surface area (Å²) in [6.07, 6.45) is 4.76. The third kappa shape index (κ3) is 2.90. The zero-order chi connectivity index (χ0) is 17.4. The molecule has 3 aromatic rings. The Labute approximate surface area is 147 Å². The molecule has 0 aliphatic carbocycles. The van der Waals surface area contributed by atoms with E-state index in [2.05, 4.69) is 17.1 Å². The first-order valence-electron chi connectivity index (χ1n) is 8.38. The van der Waals surface area contributed by atoms with Crippen LogP contribution in [0, 0.1) is 6.92 Å². The highest BCUT2D eigenvalue weighted by Gasteiger charge is 2.26. The lowest BCUT2D eigenvalue weighted by atomic mass is 10.00. The second-order valence-electron chi connectivity index (χ2n) is 6.41. The van der Waals surface area contributed by atoms with Crippen LogP contribution in [0.25, 0.3) is 16.5 Å². The third-order valence-electron chi connectivity index (χ3n) is 4.73. The van der Waals surface area contributed by atoms with Crippen molar-refractivity contribution in [2.45, 2.75) is 18.2 Å². The molecule has 0 amide bonds. The summed E-state index contributed by atoms with van der Waals surface area (Å²) >= 11 is 0. The quantitative estimate of drug-likeness (QED) is 0.776. The number of hydrogen-bond donors (Lipinski definition) is 1. The number of sulfonamides is 1. The van der Waals surface area contributed by atoms with Gasteiger partial charge in [0.2, 0.25) is 10.0 Å². The Hall–Kier alpha value is -2.37. The van der Waals surface area contributed by atoms with Crippen molar-refractivity contribution in [3.8, 4) is 0 Å². The van der Waals surface area contributed by atoms with E-state index < -0.39 is 10.0 Å². The van der Waals surface area contributed by atoms with E-state index in [0.29, 0.717) is 24.4 Å². The Kier molecular flexibility index (Phi) is 3.98. The average Bonchev–Trinajstić information content (AvgIpc) is 3.06. The molecule has 2 aromatic carbocycles. The molecule has 5 heteroatoms. The van der Waals surface area contributed by atoms with Gasteiger partial charge in [-0.15, -0.1) is 0 Å². The van der Waals surface area contributed by atoms with Gasteiger partial charge in [0.05, 0.1) is 4.90 Å². The highest BCUT2D eigenvalue weighted by molar-refractivity contribution is 7.89. The lowest BCUT2D eigenvalue weighted by Crippen LogP contribution is -2.34. The normalized spacial score (nSPS) is 16.1. The van der Waals surface area contributed by atoms with E-state index in [1.54, 1.807) is 22.5 Å². The molecule has 0 spiro atoms. The summed E-state index contributed by atoms with van der Waals surface area (Å²) in [5.41, 5.74) is 4.43. The van der Waals surface area contributed by atoms with Crippen LogP contribution in [0.4, 0.5) is 0 Å². The lowest BCUT2D eigenvalue weighted by Gasteiger charge is -2.26. The van der Waals surface area contributed by atoms with E-state index in [-0.39, 0.29) is 0 Å². The van der Waals surface area contributed by atoms with Crippen molar-refractivity contribution in [3.05, 3.63) is 71.9 Å². The zero-order valence-electron chi connectivity index (χ0n) is 14.1. The monoisotopic (exact) mass is 352 g/mol. The fourth-order valence-corrected chi connectivity index (χ4v) is 4.86. The number of aromatic amines is 1. The molecule has 25 heavy (non-hydrogen) atoms. The molecule has 1 aromatic heterocycles. The largest absolute Gasteiger partial charge is 0.361 e. The molecule has 4 rings (SSSR count). The minimum atomic E-state index is -3.44. The molecule has 1 N–H and O–H groups in total. The molecule has 0 radical (unpaired) electrons. The van der Waals surface area contributed by atoms with Crippen molar-refractivity contribution in [1.29, 1.82) is 0 Å². The standard InChI is InChI=1S/C20H20N2O2S/c1-15-5-4-6-17(13-15)25(23,24)22-11-9-16(10-12-22)19-14-21-20-8-3-2-7-18(19)20/h2-9,13-14,21H,10-12H2,1H3. The number of rotatable bonds is 3. The van der Waals surface area contributed by atoms with Gasteiger partial charge in [0.15, 0.2) is 0 Å². The van der Waals surface area contributed by atoms with Gasteiger partial charge in [-0.1, -0.05) is 36.4 Å². The predicted molar refractivity (Wildman–Crippen MR) is 101 cm³/mol. The van der Waals surface area contributed by atoms with Crippen molar-refractivity contribution in [3.63, 3.8) is 0 Å². The lowest BCUT2D eigenvalue weighted by molar-refractivity contribution is 0.441. The molecule has 4 nitrogen and oxygen atoms in total. The van der Waals surface area contributed by atoms with Gasteiger partial charge < -0.3 is 4.98 Å². The van der Waals surface area contributed by atoms with E-state index >= 15 is 0 Å². The number of fused-ring (bicyclic) bond motifs is 1. The molecule has 0 saturated carbocycles. The number of hydrogen-bond acceptors (Lipinski definition) is 2. The molecule has 0 bridgehead atoms. The maximum Gasteiger partial charge on any atom is 0.243 e. The average molecular weight is 352 g/mol. The van der Waals surface area contributed by atoms with Crippen LogP contribution in [-0.2, 0) is 10.0 Å². The fourth-order valence-electron chi connectivity index (χ4n) is 3.38. The molecule has 0 saturated heterocycles. The number of aryl methyl sites for hydroxylation is 1. The third-order valence-corrected chi connectivity index (χ3v) is 6.60. The Bertz CT molecular complexity index is 1060. The number of benzene rings is 2. The summed E-state index contributed by atoms with van der Waals surface area (Å²) in [4.78, 5) is 3.66. The topological polar surface area (TPSA) is 53.2 Å². The summed E-state index contributed by atoms with van der Waals surface area (Å²) in [5.74, 6) is 0. The molecule has 2 heterocycles. The molecular weight excluding hydrogens is 332 g/mol. The van der Waals surface area contributed by atoms with Gasteiger partial charge in [-0.3, -0.25) is 0 Å². The molecule has 1 aliphatic heterocycles. The minimum Gasteiger partial charge on any atom is -0.361 e. The Morgan fingerprint density at radius 3 is 2.68 bits per heavy atom. The number of para-hydroxylation sites is 1. The molecule has 0 unspecified atom stereocenters. The van der Waals surface area contributed by atoms with E-state index in [9.17, 15) is 8.42 Å². The fraction of sp³-hybridized carbons (Fsp3) is 0.200. The van der Waals surface area contributed by atoms with E-state index in [1.165, 1.54) is 16.5 Å². The van der Waals surface area contributed by atoms with E-state index in [4.69, 9.17) is 0 Å². The molecule has 0 fully saturated rings. The first-order valence-corrected chi connectivity index (χ1v) is 9.82. The van der Waals surface area contributed by atoms with Crippen molar-refractivity contribution in [2.24, 2.45) is 0 Å². The maximum atomic E-state index is 12.8. The number of nitrogens with one attached hydrogen (secondary N) is 1. The van der Waals surface area contributed by atoms with Gasteiger partial charge in [0, 0.05) is 35.8 Å². The highest BCUT2D eigenvalue weighted by Crippen LogP contribution is 2.30. The smallest absolute Gasteiger partial charge is 0.243 e. The molecular formula is C20H20N2O2S. The first-order chi connectivity index (χ1) is 12.1. The number of H-pyrrole nitrogens is 1. The summed E-state index contributed by atoms with van der Waals surface area (Å²) in [6, 6.07) is 15.3. The second-order valence-corrected chi connectivity index (χ2v) is 8.34. The van der Waals surface area contributed by atoms with Crippen LogP contribution in [0.1, 0.15) is 17.5 Å². The van der Waals surface area contributed by atoms with Crippen LogP contribution >= 0.6 is 0 Å².